The number of hydrogen-bond donors (Lipinski definition) is 2. The molecule has 1 aliphatic heterocycles. The number of rotatable bonds is 2. The maximum atomic E-state index is 9.48. The summed E-state index contributed by atoms with van der Waals surface area (Å²) in [5.41, 5.74) is 13.4. The Labute approximate surface area is 145 Å². The lowest BCUT2D eigenvalue weighted by atomic mass is 9.69. The molecule has 1 aliphatic carbocycles. The summed E-state index contributed by atoms with van der Waals surface area (Å²) < 4.78 is 11.2. The van der Waals surface area contributed by atoms with Gasteiger partial charge in [0.1, 0.15) is 29.6 Å². The first-order valence-corrected chi connectivity index (χ1v) is 7.57. The summed E-state index contributed by atoms with van der Waals surface area (Å²) in [6.07, 6.45) is 1.07. The molecule has 0 radical (unpaired) electrons. The van der Waals surface area contributed by atoms with E-state index in [2.05, 4.69) is 0 Å². The molecule has 124 valence electrons. The molecule has 0 aromatic heterocycles. The normalized spacial score (nSPS) is 24.0. The Morgan fingerprint density at radius 1 is 1.20 bits per heavy atom. The van der Waals surface area contributed by atoms with Crippen LogP contribution in [0, 0.1) is 45.8 Å². The van der Waals surface area contributed by atoms with Gasteiger partial charge in [0.25, 0.3) is 0 Å². The van der Waals surface area contributed by atoms with Crippen LogP contribution in [0.3, 0.4) is 0 Å². The number of benzene rings is 1. The zero-order chi connectivity index (χ0) is 18.1. The van der Waals surface area contributed by atoms with Gasteiger partial charge in [-0.25, -0.2) is 0 Å². The number of allylic oxidation sites excluding steroid dienone is 1. The van der Waals surface area contributed by atoms with E-state index in [1.807, 2.05) is 18.2 Å². The first kappa shape index (κ1) is 16.2. The molecule has 0 saturated heterocycles. The molecule has 3 rings (SSSR count). The minimum absolute atomic E-state index is 0.163. The zero-order valence-electron chi connectivity index (χ0n) is 13.4. The van der Waals surface area contributed by atoms with Gasteiger partial charge in [-0.1, -0.05) is 0 Å². The van der Waals surface area contributed by atoms with E-state index in [-0.39, 0.29) is 17.0 Å². The number of methoxy groups -OCH3 is 1. The predicted octanol–water partition coefficient (Wildman–Crippen LogP) is 1.41. The van der Waals surface area contributed by atoms with Gasteiger partial charge < -0.3 is 20.9 Å². The Hall–Kier alpha value is -3.63. The summed E-state index contributed by atoms with van der Waals surface area (Å²) in [5.74, 6) is -0.944. The van der Waals surface area contributed by atoms with Crippen LogP contribution in [0.1, 0.15) is 11.5 Å². The smallest absolute Gasteiger partial charge is 0.141 e. The molecule has 4 N–H and O–H groups in total. The van der Waals surface area contributed by atoms with Gasteiger partial charge in [0, 0.05) is 23.1 Å². The molecule has 25 heavy (non-hydrogen) atoms. The van der Waals surface area contributed by atoms with E-state index in [1.165, 1.54) is 7.11 Å². The molecule has 7 heteroatoms. The third-order valence-corrected chi connectivity index (χ3v) is 4.61. The monoisotopic (exact) mass is 333 g/mol. The number of nitrogens with zero attached hydrogens (tertiary/aromatic N) is 3. The molecule has 3 unspecified atom stereocenters. The molecular formula is C18H15N5O2. The number of hydrogen-bond acceptors (Lipinski definition) is 7. The van der Waals surface area contributed by atoms with Crippen molar-refractivity contribution in [3.8, 4) is 29.7 Å². The van der Waals surface area contributed by atoms with Crippen molar-refractivity contribution in [3.63, 3.8) is 0 Å². The lowest BCUT2D eigenvalue weighted by Crippen LogP contribution is -2.43. The van der Waals surface area contributed by atoms with E-state index < -0.39 is 23.9 Å². The van der Waals surface area contributed by atoms with Crippen molar-refractivity contribution in [2.45, 2.75) is 12.0 Å². The molecule has 0 bridgehead atoms. The van der Waals surface area contributed by atoms with Gasteiger partial charge in [-0.2, -0.15) is 15.8 Å². The van der Waals surface area contributed by atoms with Crippen LogP contribution in [0.5, 0.6) is 11.5 Å². The van der Waals surface area contributed by atoms with Gasteiger partial charge in [0.15, 0.2) is 0 Å². The molecule has 0 saturated carbocycles. The standard InChI is InChI=1S/C18H15N5O2/c1-24-10-2-3-14-11(4-10)16(9(6-19)7-20)17-15(25-14)5-13(22)12(8-21)18(17)23/h2-5,9,15-17H,22-23H2,1H3. The fraction of sp³-hybridized carbons (Fsp3) is 0.278. The van der Waals surface area contributed by atoms with Crippen LogP contribution in [0.2, 0.25) is 0 Å². The van der Waals surface area contributed by atoms with Gasteiger partial charge in [-0.3, -0.25) is 0 Å². The SMILES string of the molecule is COc1ccc2c(c1)C(C(C#N)C#N)C1C(N)=C(C#N)C(N)=CC1O2. The maximum Gasteiger partial charge on any atom is 0.141 e. The van der Waals surface area contributed by atoms with E-state index in [0.717, 1.165) is 0 Å². The van der Waals surface area contributed by atoms with E-state index >= 15 is 0 Å². The third-order valence-electron chi connectivity index (χ3n) is 4.61. The highest BCUT2D eigenvalue weighted by atomic mass is 16.5. The van der Waals surface area contributed by atoms with Crippen LogP contribution in [0.25, 0.3) is 0 Å². The lowest BCUT2D eigenvalue weighted by Gasteiger charge is -2.41. The van der Waals surface area contributed by atoms with Crippen molar-refractivity contribution in [2.75, 3.05) is 7.11 Å². The number of ether oxygens (including phenoxy) is 2. The molecule has 7 nitrogen and oxygen atoms in total. The lowest BCUT2D eigenvalue weighted by molar-refractivity contribution is 0.139. The first-order valence-electron chi connectivity index (χ1n) is 7.57. The molecule has 1 heterocycles. The van der Waals surface area contributed by atoms with Crippen molar-refractivity contribution in [2.24, 2.45) is 23.3 Å². The second-order valence-electron chi connectivity index (χ2n) is 5.84. The Morgan fingerprint density at radius 2 is 1.92 bits per heavy atom. The molecule has 0 amide bonds. The van der Waals surface area contributed by atoms with E-state index in [9.17, 15) is 15.8 Å². The molecule has 2 aliphatic rings. The molecule has 3 atom stereocenters. The minimum atomic E-state index is -0.964. The summed E-state index contributed by atoms with van der Waals surface area (Å²) in [4.78, 5) is 0. The Morgan fingerprint density at radius 3 is 2.52 bits per heavy atom. The second kappa shape index (κ2) is 6.11. The first-order chi connectivity index (χ1) is 12.0. The van der Waals surface area contributed by atoms with Crippen molar-refractivity contribution >= 4 is 0 Å². The van der Waals surface area contributed by atoms with Crippen molar-refractivity contribution in [3.05, 3.63) is 46.8 Å². The third kappa shape index (κ3) is 2.41. The largest absolute Gasteiger partial charge is 0.497 e. The van der Waals surface area contributed by atoms with Gasteiger partial charge in [0.05, 0.1) is 30.5 Å². The molecular weight excluding hydrogens is 318 g/mol. The van der Waals surface area contributed by atoms with E-state index in [4.69, 9.17) is 20.9 Å². The summed E-state index contributed by atoms with van der Waals surface area (Å²) in [5, 5.41) is 28.3. The van der Waals surface area contributed by atoms with Gasteiger partial charge >= 0.3 is 0 Å². The highest BCUT2D eigenvalue weighted by molar-refractivity contribution is 5.54. The molecule has 0 fully saturated rings. The Balaban J connectivity index is 2.24. The van der Waals surface area contributed by atoms with Crippen LogP contribution in [-0.2, 0) is 0 Å². The van der Waals surface area contributed by atoms with Gasteiger partial charge in [-0.15, -0.1) is 0 Å². The van der Waals surface area contributed by atoms with Crippen molar-refractivity contribution in [1.82, 2.24) is 0 Å². The molecule has 0 spiro atoms. The maximum absolute atomic E-state index is 9.48. The van der Waals surface area contributed by atoms with E-state index in [0.29, 0.717) is 17.1 Å². The van der Waals surface area contributed by atoms with Crippen LogP contribution >= 0.6 is 0 Å². The minimum Gasteiger partial charge on any atom is -0.497 e. The average molecular weight is 333 g/mol. The van der Waals surface area contributed by atoms with Gasteiger partial charge in [0.2, 0.25) is 0 Å². The summed E-state index contributed by atoms with van der Waals surface area (Å²) >= 11 is 0. The molecule has 1 aromatic carbocycles. The highest BCUT2D eigenvalue weighted by Gasteiger charge is 2.46. The van der Waals surface area contributed by atoms with Gasteiger partial charge in [-0.05, 0) is 24.3 Å². The number of nitrogens with two attached hydrogens (primary N) is 2. The van der Waals surface area contributed by atoms with Crippen LogP contribution < -0.4 is 20.9 Å². The fourth-order valence-electron chi connectivity index (χ4n) is 3.45. The van der Waals surface area contributed by atoms with Crippen LogP contribution in [-0.4, -0.2) is 13.2 Å². The van der Waals surface area contributed by atoms with Crippen LogP contribution in [0.4, 0.5) is 0 Å². The topological polar surface area (TPSA) is 142 Å². The predicted molar refractivity (Wildman–Crippen MR) is 87.5 cm³/mol. The zero-order valence-corrected chi connectivity index (χ0v) is 13.4. The summed E-state index contributed by atoms with van der Waals surface area (Å²) in [6, 6.07) is 11.2. The number of nitriles is 3. The summed E-state index contributed by atoms with van der Waals surface area (Å²) in [7, 11) is 1.53. The highest BCUT2D eigenvalue weighted by Crippen LogP contribution is 2.49. The Bertz CT molecular complexity index is 899. The fourth-order valence-corrected chi connectivity index (χ4v) is 3.45. The second-order valence-corrected chi connectivity index (χ2v) is 5.84. The van der Waals surface area contributed by atoms with Crippen LogP contribution in [0.15, 0.2) is 41.2 Å². The molecule has 1 aromatic rings. The quantitative estimate of drug-likeness (QED) is 0.833. The van der Waals surface area contributed by atoms with Crippen molar-refractivity contribution in [1.29, 1.82) is 15.8 Å². The average Bonchev–Trinajstić information content (AvgIpc) is 2.62. The van der Waals surface area contributed by atoms with E-state index in [1.54, 1.807) is 24.3 Å². The number of fused-ring (bicyclic) bond motifs is 2. The van der Waals surface area contributed by atoms with Crippen molar-refractivity contribution < 1.29 is 9.47 Å². The summed E-state index contributed by atoms with van der Waals surface area (Å²) in [6.45, 7) is 0. The Kier molecular flexibility index (Phi) is 3.97.